The maximum absolute atomic E-state index is 12.2. The molecular formula is C17H14N2O2. The summed E-state index contributed by atoms with van der Waals surface area (Å²) in [6.45, 7) is 0. The van der Waals surface area contributed by atoms with Crippen molar-refractivity contribution in [1.29, 1.82) is 0 Å². The summed E-state index contributed by atoms with van der Waals surface area (Å²) in [7, 11) is 0. The number of hydrogen-bond acceptors (Lipinski definition) is 3. The topological polar surface area (TPSA) is 55.1 Å². The lowest BCUT2D eigenvalue weighted by Crippen LogP contribution is -2.29. The predicted octanol–water partition coefficient (Wildman–Crippen LogP) is 3.19. The summed E-state index contributed by atoms with van der Waals surface area (Å²) in [6, 6.07) is 16.7. The lowest BCUT2D eigenvalue weighted by atomic mass is 9.99. The molecule has 0 saturated carbocycles. The Balaban J connectivity index is 1.92. The molecule has 3 rings (SSSR count). The first-order valence-electron chi connectivity index (χ1n) is 6.64. The van der Waals surface area contributed by atoms with Crippen LogP contribution in [-0.4, -0.2) is 10.9 Å². The lowest BCUT2D eigenvalue weighted by Gasteiger charge is -2.19. The molecule has 4 nitrogen and oxygen atoms in total. The van der Waals surface area contributed by atoms with Gasteiger partial charge in [0, 0.05) is 12.4 Å². The first-order valence-corrected chi connectivity index (χ1v) is 6.64. The zero-order chi connectivity index (χ0) is 14.5. The summed E-state index contributed by atoms with van der Waals surface area (Å²) in [5, 5.41) is 2.99. The Labute approximate surface area is 122 Å². The lowest BCUT2D eigenvalue weighted by molar-refractivity contribution is 0.0915. The van der Waals surface area contributed by atoms with E-state index >= 15 is 0 Å². The molecule has 3 aromatic rings. The first kappa shape index (κ1) is 13.1. The number of aromatic nitrogens is 1. The standard InChI is InChI=1S/C17H14N2O2/c20-17(15-7-4-12-21-15)19-16(13-5-2-1-3-6-13)14-8-10-18-11-9-14/h1-12,16H,(H,19,20)/t16-/m0/s1. The SMILES string of the molecule is O=C(N[C@@H](c1ccccc1)c1ccncc1)c1ccco1. The van der Waals surface area contributed by atoms with Gasteiger partial charge in [-0.25, -0.2) is 0 Å². The van der Waals surface area contributed by atoms with Crippen molar-refractivity contribution in [3.8, 4) is 0 Å². The number of furan rings is 1. The highest BCUT2D eigenvalue weighted by Crippen LogP contribution is 2.21. The molecular weight excluding hydrogens is 264 g/mol. The average Bonchev–Trinajstić information content (AvgIpc) is 3.09. The van der Waals surface area contributed by atoms with Crippen molar-refractivity contribution in [2.45, 2.75) is 6.04 Å². The number of hydrogen-bond donors (Lipinski definition) is 1. The number of amides is 1. The van der Waals surface area contributed by atoms with E-state index in [1.165, 1.54) is 6.26 Å². The van der Waals surface area contributed by atoms with Crippen molar-refractivity contribution in [3.05, 3.63) is 90.1 Å². The van der Waals surface area contributed by atoms with E-state index < -0.39 is 0 Å². The van der Waals surface area contributed by atoms with Crippen LogP contribution in [-0.2, 0) is 0 Å². The van der Waals surface area contributed by atoms with Gasteiger partial charge in [0.25, 0.3) is 5.91 Å². The number of pyridine rings is 1. The number of nitrogens with one attached hydrogen (secondary N) is 1. The third-order valence-electron chi connectivity index (χ3n) is 3.19. The Bertz CT molecular complexity index is 655. The molecule has 0 fully saturated rings. The number of nitrogens with zero attached hydrogens (tertiary/aromatic N) is 1. The molecule has 0 radical (unpaired) electrons. The fraction of sp³-hybridized carbons (Fsp3) is 0.0588. The van der Waals surface area contributed by atoms with Crippen molar-refractivity contribution in [1.82, 2.24) is 10.3 Å². The van der Waals surface area contributed by atoms with Crippen LogP contribution in [0.2, 0.25) is 0 Å². The second-order valence-corrected chi connectivity index (χ2v) is 4.58. The first-order chi connectivity index (χ1) is 10.3. The van der Waals surface area contributed by atoms with E-state index in [1.54, 1.807) is 24.5 Å². The molecule has 104 valence electrons. The molecule has 4 heteroatoms. The number of benzene rings is 1. The predicted molar refractivity (Wildman–Crippen MR) is 78.7 cm³/mol. The molecule has 1 atom stereocenters. The van der Waals surface area contributed by atoms with Crippen molar-refractivity contribution in [3.63, 3.8) is 0 Å². The second kappa shape index (κ2) is 6.05. The van der Waals surface area contributed by atoms with Crippen LogP contribution in [0.1, 0.15) is 27.7 Å². The largest absolute Gasteiger partial charge is 0.459 e. The molecule has 0 spiro atoms. The van der Waals surface area contributed by atoms with Crippen LogP contribution in [0.15, 0.2) is 77.7 Å². The molecule has 0 unspecified atom stereocenters. The molecule has 2 aromatic heterocycles. The Morgan fingerprint density at radius 3 is 2.33 bits per heavy atom. The van der Waals surface area contributed by atoms with Gasteiger partial charge in [-0.15, -0.1) is 0 Å². The Morgan fingerprint density at radius 1 is 0.952 bits per heavy atom. The van der Waals surface area contributed by atoms with E-state index in [2.05, 4.69) is 10.3 Å². The molecule has 0 bridgehead atoms. The van der Waals surface area contributed by atoms with Gasteiger partial charge >= 0.3 is 0 Å². The van der Waals surface area contributed by atoms with Crippen LogP contribution in [0, 0.1) is 0 Å². The highest BCUT2D eigenvalue weighted by Gasteiger charge is 2.18. The maximum Gasteiger partial charge on any atom is 0.287 e. The van der Waals surface area contributed by atoms with E-state index in [0.29, 0.717) is 5.76 Å². The maximum atomic E-state index is 12.2. The molecule has 0 saturated heterocycles. The molecule has 0 aliphatic heterocycles. The highest BCUT2D eigenvalue weighted by molar-refractivity contribution is 5.91. The van der Waals surface area contributed by atoms with E-state index in [9.17, 15) is 4.79 Å². The molecule has 2 heterocycles. The van der Waals surface area contributed by atoms with E-state index in [1.807, 2.05) is 42.5 Å². The van der Waals surface area contributed by atoms with Crippen molar-refractivity contribution in [2.24, 2.45) is 0 Å². The van der Waals surface area contributed by atoms with Gasteiger partial charge in [0.15, 0.2) is 5.76 Å². The number of carbonyl (C=O) groups excluding carboxylic acids is 1. The van der Waals surface area contributed by atoms with Gasteiger partial charge in [-0.2, -0.15) is 0 Å². The fourth-order valence-corrected chi connectivity index (χ4v) is 2.17. The van der Waals surface area contributed by atoms with Crippen LogP contribution in [0.25, 0.3) is 0 Å². The smallest absolute Gasteiger partial charge is 0.287 e. The van der Waals surface area contributed by atoms with Gasteiger partial charge in [0.05, 0.1) is 12.3 Å². The quantitative estimate of drug-likeness (QED) is 0.797. The van der Waals surface area contributed by atoms with Gasteiger partial charge < -0.3 is 9.73 Å². The Morgan fingerprint density at radius 2 is 1.67 bits per heavy atom. The third-order valence-corrected chi connectivity index (χ3v) is 3.19. The summed E-state index contributed by atoms with van der Waals surface area (Å²) in [5.74, 6) is 0.0515. The number of carbonyl (C=O) groups is 1. The van der Waals surface area contributed by atoms with E-state index in [0.717, 1.165) is 11.1 Å². The van der Waals surface area contributed by atoms with Crippen molar-refractivity contribution >= 4 is 5.91 Å². The zero-order valence-corrected chi connectivity index (χ0v) is 11.3. The third kappa shape index (κ3) is 3.00. The molecule has 1 N–H and O–H groups in total. The molecule has 1 amide bonds. The molecule has 1 aromatic carbocycles. The van der Waals surface area contributed by atoms with Gasteiger partial charge in [0.1, 0.15) is 0 Å². The van der Waals surface area contributed by atoms with E-state index in [-0.39, 0.29) is 11.9 Å². The summed E-state index contributed by atoms with van der Waals surface area (Å²) >= 11 is 0. The van der Waals surface area contributed by atoms with Crippen LogP contribution in [0.4, 0.5) is 0 Å². The minimum Gasteiger partial charge on any atom is -0.459 e. The minimum atomic E-state index is -0.245. The van der Waals surface area contributed by atoms with Crippen LogP contribution >= 0.6 is 0 Å². The van der Waals surface area contributed by atoms with E-state index in [4.69, 9.17) is 4.42 Å². The Kier molecular flexibility index (Phi) is 3.78. The van der Waals surface area contributed by atoms with Crippen molar-refractivity contribution in [2.75, 3.05) is 0 Å². The Hall–Kier alpha value is -2.88. The van der Waals surface area contributed by atoms with Gasteiger partial charge in [-0.3, -0.25) is 9.78 Å². The van der Waals surface area contributed by atoms with Crippen LogP contribution < -0.4 is 5.32 Å². The summed E-state index contributed by atoms with van der Waals surface area (Å²) in [4.78, 5) is 16.3. The van der Waals surface area contributed by atoms with Gasteiger partial charge in [0.2, 0.25) is 0 Å². The summed E-state index contributed by atoms with van der Waals surface area (Å²) in [5.41, 5.74) is 1.97. The average molecular weight is 278 g/mol. The zero-order valence-electron chi connectivity index (χ0n) is 11.3. The highest BCUT2D eigenvalue weighted by atomic mass is 16.3. The fourth-order valence-electron chi connectivity index (χ4n) is 2.17. The molecule has 0 aliphatic carbocycles. The second-order valence-electron chi connectivity index (χ2n) is 4.58. The molecule has 21 heavy (non-hydrogen) atoms. The normalized spacial score (nSPS) is 11.8. The number of rotatable bonds is 4. The minimum absolute atomic E-state index is 0.244. The van der Waals surface area contributed by atoms with Gasteiger partial charge in [-0.1, -0.05) is 30.3 Å². The van der Waals surface area contributed by atoms with Gasteiger partial charge in [-0.05, 0) is 35.4 Å². The van der Waals surface area contributed by atoms with Crippen LogP contribution in [0.3, 0.4) is 0 Å². The molecule has 0 aliphatic rings. The monoisotopic (exact) mass is 278 g/mol. The summed E-state index contributed by atoms with van der Waals surface area (Å²) in [6.07, 6.45) is 4.91. The van der Waals surface area contributed by atoms with Crippen molar-refractivity contribution < 1.29 is 9.21 Å². The van der Waals surface area contributed by atoms with Crippen LogP contribution in [0.5, 0.6) is 0 Å². The summed E-state index contributed by atoms with van der Waals surface area (Å²) < 4.78 is 5.14.